The standard InChI is InChI=1S/C14H26N2O2S/c1-2-6-16(11-13(15)19)12-3-7-18-14(10-12)4-8-17-9-5-14/h12H,2-11H2,1H3,(H2,15,19). The Balaban J connectivity index is 1.99. The van der Waals surface area contributed by atoms with E-state index in [0.29, 0.717) is 11.0 Å². The van der Waals surface area contributed by atoms with Gasteiger partial charge in [0.15, 0.2) is 0 Å². The van der Waals surface area contributed by atoms with Crippen molar-refractivity contribution in [1.29, 1.82) is 0 Å². The molecule has 0 amide bonds. The van der Waals surface area contributed by atoms with Crippen LogP contribution in [-0.4, -0.2) is 54.4 Å². The fourth-order valence-electron chi connectivity index (χ4n) is 3.28. The Morgan fingerprint density at radius 1 is 1.37 bits per heavy atom. The normalized spacial score (nSPS) is 26.7. The predicted molar refractivity (Wildman–Crippen MR) is 80.4 cm³/mol. The number of hydrogen-bond donors (Lipinski definition) is 1. The topological polar surface area (TPSA) is 47.7 Å². The maximum Gasteiger partial charge on any atom is 0.0870 e. The van der Waals surface area contributed by atoms with Gasteiger partial charge in [-0.1, -0.05) is 19.1 Å². The molecule has 0 aromatic rings. The van der Waals surface area contributed by atoms with Crippen LogP contribution in [0.4, 0.5) is 0 Å². The Bertz CT molecular complexity index is 300. The second-order valence-corrected chi connectivity index (χ2v) is 6.25. The van der Waals surface area contributed by atoms with Crippen molar-refractivity contribution < 1.29 is 9.47 Å². The lowest BCUT2D eigenvalue weighted by molar-refractivity contribution is -0.150. The van der Waals surface area contributed by atoms with Crippen molar-refractivity contribution in [3.8, 4) is 0 Å². The molecule has 2 heterocycles. The molecule has 2 aliphatic rings. The van der Waals surface area contributed by atoms with E-state index in [1.54, 1.807) is 0 Å². The molecule has 5 heteroatoms. The molecule has 110 valence electrons. The van der Waals surface area contributed by atoms with E-state index >= 15 is 0 Å². The lowest BCUT2D eigenvalue weighted by atomic mass is 9.83. The van der Waals surface area contributed by atoms with Gasteiger partial charge in [0.1, 0.15) is 0 Å². The van der Waals surface area contributed by atoms with E-state index in [-0.39, 0.29) is 5.60 Å². The van der Waals surface area contributed by atoms with Crippen LogP contribution in [-0.2, 0) is 9.47 Å². The molecule has 2 fully saturated rings. The molecule has 19 heavy (non-hydrogen) atoms. The summed E-state index contributed by atoms with van der Waals surface area (Å²) in [7, 11) is 0. The van der Waals surface area contributed by atoms with Crippen molar-refractivity contribution in [1.82, 2.24) is 4.90 Å². The third kappa shape index (κ3) is 4.12. The molecule has 0 aromatic carbocycles. The fraction of sp³-hybridized carbons (Fsp3) is 0.929. The number of thiocarbonyl (C=S) groups is 1. The molecular formula is C14H26N2O2S. The average molecular weight is 286 g/mol. The van der Waals surface area contributed by atoms with Crippen molar-refractivity contribution in [3.63, 3.8) is 0 Å². The summed E-state index contributed by atoms with van der Waals surface area (Å²) in [6.45, 7) is 6.51. The van der Waals surface area contributed by atoms with Crippen LogP contribution in [0.25, 0.3) is 0 Å². The van der Waals surface area contributed by atoms with Gasteiger partial charge >= 0.3 is 0 Å². The molecule has 2 N–H and O–H groups in total. The molecule has 1 atom stereocenters. The van der Waals surface area contributed by atoms with Crippen LogP contribution in [0.2, 0.25) is 0 Å². The highest BCUT2D eigenvalue weighted by atomic mass is 32.1. The zero-order valence-electron chi connectivity index (χ0n) is 11.9. The van der Waals surface area contributed by atoms with Crippen molar-refractivity contribution >= 4 is 17.2 Å². The first kappa shape index (κ1) is 15.2. The van der Waals surface area contributed by atoms with Gasteiger partial charge in [-0.3, -0.25) is 4.90 Å². The van der Waals surface area contributed by atoms with Crippen LogP contribution in [0.5, 0.6) is 0 Å². The van der Waals surface area contributed by atoms with Crippen molar-refractivity contribution in [2.45, 2.75) is 50.7 Å². The quantitative estimate of drug-likeness (QED) is 0.780. The molecule has 2 rings (SSSR count). The highest BCUT2D eigenvalue weighted by molar-refractivity contribution is 7.80. The van der Waals surface area contributed by atoms with Crippen molar-refractivity contribution in [2.24, 2.45) is 5.73 Å². The highest BCUT2D eigenvalue weighted by Crippen LogP contribution is 2.36. The van der Waals surface area contributed by atoms with Crippen molar-refractivity contribution in [2.75, 3.05) is 32.9 Å². The molecule has 1 spiro atoms. The van der Waals surface area contributed by atoms with E-state index < -0.39 is 0 Å². The lowest BCUT2D eigenvalue weighted by Gasteiger charge is -2.46. The van der Waals surface area contributed by atoms with Gasteiger partial charge in [-0.2, -0.15) is 0 Å². The minimum Gasteiger partial charge on any atom is -0.392 e. The molecule has 0 radical (unpaired) electrons. The monoisotopic (exact) mass is 286 g/mol. The maximum atomic E-state index is 6.10. The number of nitrogens with zero attached hydrogens (tertiary/aromatic N) is 1. The third-order valence-corrected chi connectivity index (χ3v) is 4.39. The van der Waals surface area contributed by atoms with E-state index in [1.165, 1.54) is 0 Å². The molecule has 0 saturated carbocycles. The summed E-state index contributed by atoms with van der Waals surface area (Å²) in [5.74, 6) is 0. The lowest BCUT2D eigenvalue weighted by Crippen LogP contribution is -2.52. The van der Waals surface area contributed by atoms with E-state index in [2.05, 4.69) is 11.8 Å². The van der Waals surface area contributed by atoms with Crippen LogP contribution in [0.15, 0.2) is 0 Å². The zero-order valence-corrected chi connectivity index (χ0v) is 12.7. The Labute approximate surface area is 121 Å². The van der Waals surface area contributed by atoms with E-state index in [9.17, 15) is 0 Å². The van der Waals surface area contributed by atoms with Crippen LogP contribution in [0.1, 0.15) is 39.0 Å². The summed E-state index contributed by atoms with van der Waals surface area (Å²) in [6.07, 6.45) is 5.37. The van der Waals surface area contributed by atoms with E-state index in [0.717, 1.165) is 65.0 Å². The predicted octanol–water partition coefficient (Wildman–Crippen LogP) is 1.71. The number of ether oxygens (including phenoxy) is 2. The van der Waals surface area contributed by atoms with Gasteiger partial charge in [0.05, 0.1) is 10.6 Å². The number of nitrogens with two attached hydrogens (primary N) is 1. The minimum absolute atomic E-state index is 0.0450. The van der Waals surface area contributed by atoms with Gasteiger partial charge in [0.2, 0.25) is 0 Å². The van der Waals surface area contributed by atoms with Gasteiger partial charge in [0.25, 0.3) is 0 Å². The van der Waals surface area contributed by atoms with Gasteiger partial charge in [-0.15, -0.1) is 0 Å². The Hall–Kier alpha value is -0.230. The van der Waals surface area contributed by atoms with Gasteiger partial charge < -0.3 is 15.2 Å². The molecule has 2 saturated heterocycles. The van der Waals surface area contributed by atoms with Crippen LogP contribution in [0.3, 0.4) is 0 Å². The molecule has 0 aromatic heterocycles. The van der Waals surface area contributed by atoms with Crippen LogP contribution >= 0.6 is 12.2 Å². The summed E-state index contributed by atoms with van der Waals surface area (Å²) < 4.78 is 11.6. The highest BCUT2D eigenvalue weighted by Gasteiger charge is 2.40. The molecule has 2 aliphatic heterocycles. The Morgan fingerprint density at radius 3 is 2.74 bits per heavy atom. The van der Waals surface area contributed by atoms with Gasteiger partial charge in [-0.25, -0.2) is 0 Å². The zero-order chi connectivity index (χ0) is 13.7. The average Bonchev–Trinajstić information content (AvgIpc) is 2.39. The minimum atomic E-state index is 0.0450. The summed E-state index contributed by atoms with van der Waals surface area (Å²) >= 11 is 5.09. The maximum absolute atomic E-state index is 6.10. The van der Waals surface area contributed by atoms with Crippen LogP contribution < -0.4 is 5.73 Å². The fourth-order valence-corrected chi connectivity index (χ4v) is 3.45. The summed E-state index contributed by atoms with van der Waals surface area (Å²) in [6, 6.07) is 0.549. The molecule has 0 aliphatic carbocycles. The number of rotatable bonds is 5. The summed E-state index contributed by atoms with van der Waals surface area (Å²) in [5.41, 5.74) is 5.78. The van der Waals surface area contributed by atoms with Crippen LogP contribution in [0, 0.1) is 0 Å². The largest absolute Gasteiger partial charge is 0.392 e. The number of hydrogen-bond acceptors (Lipinski definition) is 4. The van der Waals surface area contributed by atoms with Gasteiger partial charge in [-0.05, 0) is 38.6 Å². The first-order valence-corrected chi connectivity index (χ1v) is 7.80. The van der Waals surface area contributed by atoms with E-state index in [1.807, 2.05) is 0 Å². The molecule has 1 unspecified atom stereocenters. The van der Waals surface area contributed by atoms with Gasteiger partial charge in [0, 0.05) is 32.4 Å². The SMILES string of the molecule is CCCN(CC(N)=S)C1CCOC2(CCOCC2)C1. The van der Waals surface area contributed by atoms with E-state index in [4.69, 9.17) is 27.4 Å². The smallest absolute Gasteiger partial charge is 0.0870 e. The second kappa shape index (κ2) is 6.97. The Kier molecular flexibility index (Phi) is 5.57. The Morgan fingerprint density at radius 2 is 2.11 bits per heavy atom. The summed E-state index contributed by atoms with van der Waals surface area (Å²) in [5, 5.41) is 0. The van der Waals surface area contributed by atoms with Crippen molar-refractivity contribution in [3.05, 3.63) is 0 Å². The molecule has 0 bridgehead atoms. The summed E-state index contributed by atoms with van der Waals surface area (Å²) in [4.78, 5) is 3.04. The second-order valence-electron chi connectivity index (χ2n) is 5.73. The first-order valence-electron chi connectivity index (χ1n) is 7.39. The molecule has 4 nitrogen and oxygen atoms in total. The molecular weight excluding hydrogens is 260 g/mol. The third-order valence-electron chi connectivity index (χ3n) is 4.26. The first-order chi connectivity index (χ1) is 9.15.